The van der Waals surface area contributed by atoms with Crippen molar-refractivity contribution in [1.82, 2.24) is 15.0 Å². The molecule has 0 saturated carbocycles. The summed E-state index contributed by atoms with van der Waals surface area (Å²) in [5.41, 5.74) is 2.54. The maximum absolute atomic E-state index is 5.50. The van der Waals surface area contributed by atoms with Crippen LogP contribution in [0.3, 0.4) is 0 Å². The van der Waals surface area contributed by atoms with Crippen LogP contribution in [0.5, 0.6) is 0 Å². The van der Waals surface area contributed by atoms with Crippen LogP contribution in [0.1, 0.15) is 27.2 Å². The standard InChI is InChI=1S/C13H25N7O/c1-4-10(3)20(5-2)13-16-11(18-14)15-12(17-13)19-6-8-21-9-7-19/h10H,4-9,14H2,1-3H3,(H,15,16,17,18). The smallest absolute Gasteiger partial charge is 0.243 e. The first-order valence-corrected chi connectivity index (χ1v) is 7.51. The zero-order valence-electron chi connectivity index (χ0n) is 13.0. The molecule has 8 nitrogen and oxygen atoms in total. The maximum Gasteiger partial charge on any atom is 0.243 e. The van der Waals surface area contributed by atoms with E-state index in [4.69, 9.17) is 10.6 Å². The highest BCUT2D eigenvalue weighted by Gasteiger charge is 2.20. The Morgan fingerprint density at radius 1 is 1.29 bits per heavy atom. The van der Waals surface area contributed by atoms with Crippen molar-refractivity contribution in [3.8, 4) is 0 Å². The van der Waals surface area contributed by atoms with Crippen LogP contribution in [-0.2, 0) is 4.74 Å². The predicted octanol–water partition coefficient (Wildman–Crippen LogP) is 0.619. The first-order valence-electron chi connectivity index (χ1n) is 7.51. The number of nitrogens with zero attached hydrogens (tertiary/aromatic N) is 5. The van der Waals surface area contributed by atoms with E-state index in [0.717, 1.165) is 26.1 Å². The predicted molar refractivity (Wildman–Crippen MR) is 83.4 cm³/mol. The summed E-state index contributed by atoms with van der Waals surface area (Å²) in [6.07, 6.45) is 1.03. The Balaban J connectivity index is 2.31. The summed E-state index contributed by atoms with van der Waals surface area (Å²) in [5, 5.41) is 0. The summed E-state index contributed by atoms with van der Waals surface area (Å²) in [4.78, 5) is 17.6. The Bertz CT molecular complexity index is 450. The number of anilines is 3. The van der Waals surface area contributed by atoms with Crippen LogP contribution in [0.2, 0.25) is 0 Å². The molecular weight excluding hydrogens is 270 g/mol. The van der Waals surface area contributed by atoms with Crippen molar-refractivity contribution in [1.29, 1.82) is 0 Å². The zero-order valence-corrected chi connectivity index (χ0v) is 13.0. The van der Waals surface area contributed by atoms with Gasteiger partial charge in [0, 0.05) is 25.7 Å². The topological polar surface area (TPSA) is 92.4 Å². The Morgan fingerprint density at radius 2 is 2.00 bits per heavy atom. The average molecular weight is 295 g/mol. The van der Waals surface area contributed by atoms with Crippen molar-refractivity contribution in [2.75, 3.05) is 48.1 Å². The lowest BCUT2D eigenvalue weighted by Gasteiger charge is -2.30. The summed E-state index contributed by atoms with van der Waals surface area (Å²) < 4.78 is 5.37. The largest absolute Gasteiger partial charge is 0.378 e. The van der Waals surface area contributed by atoms with E-state index in [1.165, 1.54) is 0 Å². The molecule has 118 valence electrons. The lowest BCUT2D eigenvalue weighted by Crippen LogP contribution is -2.39. The number of nitrogens with two attached hydrogens (primary N) is 1. The van der Waals surface area contributed by atoms with Crippen molar-refractivity contribution in [2.24, 2.45) is 5.84 Å². The normalized spacial score (nSPS) is 16.7. The molecule has 8 heteroatoms. The first-order chi connectivity index (χ1) is 10.2. The Labute approximate surface area is 125 Å². The highest BCUT2D eigenvalue weighted by molar-refractivity contribution is 5.45. The number of aromatic nitrogens is 3. The van der Waals surface area contributed by atoms with Crippen molar-refractivity contribution in [3.63, 3.8) is 0 Å². The molecule has 1 aromatic rings. The molecule has 21 heavy (non-hydrogen) atoms. The third kappa shape index (κ3) is 3.70. The number of morpholine rings is 1. The van der Waals surface area contributed by atoms with Gasteiger partial charge in [0.05, 0.1) is 13.2 Å². The molecule has 1 unspecified atom stereocenters. The highest BCUT2D eigenvalue weighted by atomic mass is 16.5. The number of nitrogen functional groups attached to an aromatic ring is 1. The Hall–Kier alpha value is -1.67. The van der Waals surface area contributed by atoms with Crippen LogP contribution in [0.4, 0.5) is 17.8 Å². The first kappa shape index (κ1) is 15.7. The number of hydrazine groups is 1. The molecule has 1 aliphatic heterocycles. The van der Waals surface area contributed by atoms with E-state index >= 15 is 0 Å². The average Bonchev–Trinajstić information content (AvgIpc) is 2.55. The fourth-order valence-electron chi connectivity index (χ4n) is 2.32. The fourth-order valence-corrected chi connectivity index (χ4v) is 2.32. The molecule has 2 rings (SSSR count). The molecule has 3 N–H and O–H groups in total. The van der Waals surface area contributed by atoms with Crippen LogP contribution >= 0.6 is 0 Å². The highest BCUT2D eigenvalue weighted by Crippen LogP contribution is 2.19. The summed E-state index contributed by atoms with van der Waals surface area (Å²) >= 11 is 0. The van der Waals surface area contributed by atoms with Gasteiger partial charge in [0.1, 0.15) is 0 Å². The second kappa shape index (κ2) is 7.37. The van der Waals surface area contributed by atoms with E-state index in [9.17, 15) is 0 Å². The second-order valence-corrected chi connectivity index (χ2v) is 5.05. The second-order valence-electron chi connectivity index (χ2n) is 5.05. The van der Waals surface area contributed by atoms with Crippen molar-refractivity contribution in [3.05, 3.63) is 0 Å². The number of hydrogen-bond acceptors (Lipinski definition) is 8. The van der Waals surface area contributed by atoms with Crippen LogP contribution in [0, 0.1) is 0 Å². The minimum absolute atomic E-state index is 0.362. The van der Waals surface area contributed by atoms with Crippen molar-refractivity contribution < 1.29 is 4.74 Å². The number of nitrogens with one attached hydrogen (secondary N) is 1. The van der Waals surface area contributed by atoms with Gasteiger partial charge in [-0.15, -0.1) is 0 Å². The minimum atomic E-state index is 0.362. The molecule has 1 saturated heterocycles. The summed E-state index contributed by atoms with van der Waals surface area (Å²) in [7, 11) is 0. The van der Waals surface area contributed by atoms with Gasteiger partial charge < -0.3 is 14.5 Å². The molecule has 0 radical (unpaired) electrons. The number of hydrogen-bond donors (Lipinski definition) is 2. The van der Waals surface area contributed by atoms with Crippen LogP contribution in [0.25, 0.3) is 0 Å². The molecule has 2 heterocycles. The van der Waals surface area contributed by atoms with E-state index in [0.29, 0.717) is 37.1 Å². The molecule has 0 bridgehead atoms. The zero-order chi connectivity index (χ0) is 15.2. The van der Waals surface area contributed by atoms with Gasteiger partial charge in [0.15, 0.2) is 0 Å². The molecular formula is C13H25N7O. The van der Waals surface area contributed by atoms with E-state index in [2.05, 4.69) is 50.9 Å². The summed E-state index contributed by atoms with van der Waals surface area (Å²) in [5.74, 6) is 7.21. The Kier molecular flexibility index (Phi) is 5.51. The molecule has 0 spiro atoms. The monoisotopic (exact) mass is 295 g/mol. The molecule has 0 amide bonds. The SMILES string of the molecule is CCC(C)N(CC)c1nc(NN)nc(N2CCOCC2)n1. The van der Waals surface area contributed by atoms with Gasteiger partial charge >= 0.3 is 0 Å². The van der Waals surface area contributed by atoms with E-state index in [1.54, 1.807) is 0 Å². The van der Waals surface area contributed by atoms with E-state index in [-0.39, 0.29) is 0 Å². The molecule has 1 aliphatic rings. The van der Waals surface area contributed by atoms with Gasteiger partial charge in [-0.05, 0) is 20.3 Å². The summed E-state index contributed by atoms with van der Waals surface area (Å²) in [6.45, 7) is 10.2. The molecule has 1 fully saturated rings. The number of ether oxygens (including phenoxy) is 1. The lowest BCUT2D eigenvalue weighted by molar-refractivity contribution is 0.122. The maximum atomic E-state index is 5.50. The van der Waals surface area contributed by atoms with Gasteiger partial charge in [-0.3, -0.25) is 5.43 Å². The third-order valence-electron chi connectivity index (χ3n) is 3.76. The van der Waals surface area contributed by atoms with Crippen molar-refractivity contribution >= 4 is 17.8 Å². The molecule has 0 aliphatic carbocycles. The van der Waals surface area contributed by atoms with Crippen molar-refractivity contribution in [2.45, 2.75) is 33.2 Å². The van der Waals surface area contributed by atoms with Gasteiger partial charge in [0.2, 0.25) is 17.8 Å². The van der Waals surface area contributed by atoms with Gasteiger partial charge in [-0.2, -0.15) is 15.0 Å². The lowest BCUT2D eigenvalue weighted by atomic mass is 10.2. The number of rotatable bonds is 6. The van der Waals surface area contributed by atoms with Gasteiger partial charge in [0.25, 0.3) is 0 Å². The van der Waals surface area contributed by atoms with Crippen LogP contribution < -0.4 is 21.1 Å². The molecule has 1 atom stereocenters. The molecule has 0 aromatic carbocycles. The van der Waals surface area contributed by atoms with Crippen LogP contribution in [0.15, 0.2) is 0 Å². The van der Waals surface area contributed by atoms with Gasteiger partial charge in [-0.25, -0.2) is 5.84 Å². The van der Waals surface area contributed by atoms with E-state index in [1.807, 2.05) is 0 Å². The van der Waals surface area contributed by atoms with Gasteiger partial charge in [-0.1, -0.05) is 6.92 Å². The Morgan fingerprint density at radius 3 is 2.57 bits per heavy atom. The summed E-state index contributed by atoms with van der Waals surface area (Å²) in [6, 6.07) is 0.362. The third-order valence-corrected chi connectivity index (χ3v) is 3.76. The fraction of sp³-hybridized carbons (Fsp3) is 0.769. The van der Waals surface area contributed by atoms with E-state index < -0.39 is 0 Å². The quantitative estimate of drug-likeness (QED) is 0.583. The van der Waals surface area contributed by atoms with Crippen LogP contribution in [-0.4, -0.2) is 53.8 Å². The minimum Gasteiger partial charge on any atom is -0.378 e. The molecule has 1 aromatic heterocycles.